The molecule has 0 unspecified atom stereocenters. The Labute approximate surface area is 164 Å². The zero-order valence-electron chi connectivity index (χ0n) is 15.2. The van der Waals surface area contributed by atoms with Gasteiger partial charge in [0.05, 0.1) is 16.6 Å². The summed E-state index contributed by atoms with van der Waals surface area (Å²) in [6, 6.07) is 15.9. The van der Waals surface area contributed by atoms with E-state index in [1.807, 2.05) is 66.2 Å². The van der Waals surface area contributed by atoms with E-state index in [-0.39, 0.29) is 11.2 Å². The second-order valence-corrected chi connectivity index (χ2v) is 7.58. The van der Waals surface area contributed by atoms with Crippen LogP contribution in [0.15, 0.2) is 68.8 Å². The van der Waals surface area contributed by atoms with Crippen molar-refractivity contribution in [3.05, 3.63) is 85.6 Å². The monoisotopic (exact) mass is 423 g/mol. The quantitative estimate of drug-likeness (QED) is 0.492. The summed E-state index contributed by atoms with van der Waals surface area (Å²) in [5.74, 6) is 0. The van der Waals surface area contributed by atoms with Crippen molar-refractivity contribution < 1.29 is 0 Å². The van der Waals surface area contributed by atoms with Crippen LogP contribution in [0.1, 0.15) is 5.56 Å². The molecule has 2 aromatic heterocycles. The van der Waals surface area contributed by atoms with Crippen molar-refractivity contribution in [1.82, 2.24) is 13.7 Å². The van der Waals surface area contributed by atoms with Crippen molar-refractivity contribution in [3.8, 4) is 16.9 Å². The molecule has 0 radical (unpaired) electrons. The first kappa shape index (κ1) is 17.5. The van der Waals surface area contributed by atoms with Gasteiger partial charge in [0.15, 0.2) is 0 Å². The van der Waals surface area contributed by atoms with E-state index in [1.165, 1.54) is 11.6 Å². The molecule has 0 aliphatic rings. The second kappa shape index (κ2) is 6.39. The maximum atomic E-state index is 13.0. The third-order valence-electron chi connectivity index (χ3n) is 4.85. The predicted molar refractivity (Wildman–Crippen MR) is 112 cm³/mol. The van der Waals surface area contributed by atoms with E-state index >= 15 is 0 Å². The lowest BCUT2D eigenvalue weighted by Gasteiger charge is -2.11. The molecule has 0 amide bonds. The minimum absolute atomic E-state index is 0.294. The average molecular weight is 424 g/mol. The SMILES string of the molecule is Cc1ccc(-c2c3c(=O)n(C)c(=O)n(C)c3cn2-c2cccc(Br)c2)cc1. The average Bonchev–Trinajstić information content (AvgIpc) is 3.06. The van der Waals surface area contributed by atoms with Crippen molar-refractivity contribution in [2.45, 2.75) is 6.92 Å². The van der Waals surface area contributed by atoms with Crippen LogP contribution < -0.4 is 11.2 Å². The van der Waals surface area contributed by atoms with Crippen LogP contribution in [0.4, 0.5) is 0 Å². The Hall–Kier alpha value is -2.86. The fourth-order valence-electron chi connectivity index (χ4n) is 3.37. The topological polar surface area (TPSA) is 48.9 Å². The number of hydrogen-bond donors (Lipinski definition) is 0. The molecule has 0 aliphatic heterocycles. The summed E-state index contributed by atoms with van der Waals surface area (Å²) in [6.45, 7) is 2.03. The van der Waals surface area contributed by atoms with Gasteiger partial charge >= 0.3 is 5.69 Å². The summed E-state index contributed by atoms with van der Waals surface area (Å²) in [5, 5.41) is 0.531. The van der Waals surface area contributed by atoms with Gasteiger partial charge in [-0.05, 0) is 30.7 Å². The highest BCUT2D eigenvalue weighted by Gasteiger charge is 2.20. The molecular formula is C21H18BrN3O2. The van der Waals surface area contributed by atoms with Gasteiger partial charge in [0.25, 0.3) is 5.56 Å². The summed E-state index contributed by atoms with van der Waals surface area (Å²) in [4.78, 5) is 25.4. The van der Waals surface area contributed by atoms with Gasteiger partial charge in [0.1, 0.15) is 0 Å². The largest absolute Gasteiger partial charge is 0.330 e. The number of benzene rings is 2. The van der Waals surface area contributed by atoms with Crippen LogP contribution in [0, 0.1) is 6.92 Å². The van der Waals surface area contributed by atoms with Crippen LogP contribution in [-0.4, -0.2) is 13.7 Å². The molecule has 2 aromatic carbocycles. The van der Waals surface area contributed by atoms with Crippen molar-refractivity contribution in [1.29, 1.82) is 0 Å². The Morgan fingerprint density at radius 2 is 1.63 bits per heavy atom. The summed E-state index contributed by atoms with van der Waals surface area (Å²) < 4.78 is 5.59. The molecular weight excluding hydrogens is 406 g/mol. The van der Waals surface area contributed by atoms with E-state index in [1.54, 1.807) is 7.05 Å². The van der Waals surface area contributed by atoms with Gasteiger partial charge in [-0.2, -0.15) is 0 Å². The molecule has 0 fully saturated rings. The maximum Gasteiger partial charge on any atom is 0.330 e. The Kier molecular flexibility index (Phi) is 4.15. The number of hydrogen-bond acceptors (Lipinski definition) is 2. The van der Waals surface area contributed by atoms with Gasteiger partial charge in [-0.25, -0.2) is 4.79 Å². The maximum absolute atomic E-state index is 13.0. The molecule has 27 heavy (non-hydrogen) atoms. The van der Waals surface area contributed by atoms with E-state index in [0.717, 1.165) is 31.5 Å². The minimum atomic E-state index is -0.339. The van der Waals surface area contributed by atoms with Gasteiger partial charge < -0.3 is 4.57 Å². The second-order valence-electron chi connectivity index (χ2n) is 6.66. The summed E-state index contributed by atoms with van der Waals surface area (Å²) >= 11 is 3.51. The molecule has 0 saturated carbocycles. The molecule has 0 atom stereocenters. The molecule has 0 spiro atoms. The number of halogens is 1. The molecule has 136 valence electrons. The van der Waals surface area contributed by atoms with Crippen LogP contribution in [0.2, 0.25) is 0 Å². The van der Waals surface area contributed by atoms with Gasteiger partial charge in [-0.1, -0.05) is 51.8 Å². The molecule has 0 bridgehead atoms. The first-order valence-electron chi connectivity index (χ1n) is 8.52. The van der Waals surface area contributed by atoms with Gasteiger partial charge in [0.2, 0.25) is 0 Å². The lowest BCUT2D eigenvalue weighted by molar-refractivity contribution is 0.714. The highest BCUT2D eigenvalue weighted by molar-refractivity contribution is 9.10. The van der Waals surface area contributed by atoms with E-state index in [4.69, 9.17) is 0 Å². The summed E-state index contributed by atoms with van der Waals surface area (Å²) in [7, 11) is 3.20. The van der Waals surface area contributed by atoms with E-state index < -0.39 is 0 Å². The Morgan fingerprint density at radius 3 is 2.30 bits per heavy atom. The Morgan fingerprint density at radius 1 is 0.926 bits per heavy atom. The van der Waals surface area contributed by atoms with Crippen molar-refractivity contribution >= 4 is 26.8 Å². The van der Waals surface area contributed by atoms with Crippen molar-refractivity contribution in [2.75, 3.05) is 0 Å². The van der Waals surface area contributed by atoms with Gasteiger partial charge in [-0.15, -0.1) is 0 Å². The summed E-state index contributed by atoms with van der Waals surface area (Å²) in [6.07, 6.45) is 1.86. The number of fused-ring (bicyclic) bond motifs is 1. The van der Waals surface area contributed by atoms with Crippen LogP contribution in [0.3, 0.4) is 0 Å². The number of nitrogens with zero attached hydrogens (tertiary/aromatic N) is 3. The lowest BCUT2D eigenvalue weighted by atomic mass is 10.1. The van der Waals surface area contributed by atoms with Crippen LogP contribution >= 0.6 is 15.9 Å². The van der Waals surface area contributed by atoms with Gasteiger partial charge in [0, 0.05) is 30.5 Å². The van der Waals surface area contributed by atoms with Gasteiger partial charge in [-0.3, -0.25) is 13.9 Å². The molecule has 0 aliphatic carbocycles. The first-order valence-corrected chi connectivity index (χ1v) is 9.32. The third-order valence-corrected chi connectivity index (χ3v) is 5.34. The number of aryl methyl sites for hydroxylation is 2. The molecule has 4 rings (SSSR count). The zero-order chi connectivity index (χ0) is 19.3. The molecule has 6 heteroatoms. The fourth-order valence-corrected chi connectivity index (χ4v) is 3.75. The van der Waals surface area contributed by atoms with Crippen molar-refractivity contribution in [3.63, 3.8) is 0 Å². The van der Waals surface area contributed by atoms with E-state index in [0.29, 0.717) is 10.9 Å². The highest BCUT2D eigenvalue weighted by atomic mass is 79.9. The van der Waals surface area contributed by atoms with Crippen molar-refractivity contribution in [2.24, 2.45) is 14.1 Å². The minimum Gasteiger partial charge on any atom is -0.314 e. The smallest absolute Gasteiger partial charge is 0.314 e. The number of aromatic nitrogens is 3. The Balaban J connectivity index is 2.21. The van der Waals surface area contributed by atoms with Crippen LogP contribution in [0.5, 0.6) is 0 Å². The van der Waals surface area contributed by atoms with Crippen LogP contribution in [0.25, 0.3) is 27.8 Å². The number of rotatable bonds is 2. The fraction of sp³-hybridized carbons (Fsp3) is 0.143. The standard InChI is InChI=1S/C21H18BrN3O2/c1-13-7-9-14(10-8-13)19-18-17(23(2)21(27)24(3)20(18)26)12-25(19)16-6-4-5-15(22)11-16/h4-12H,1-3H3. The molecule has 2 heterocycles. The zero-order valence-corrected chi connectivity index (χ0v) is 16.8. The highest BCUT2D eigenvalue weighted by Crippen LogP contribution is 2.31. The van der Waals surface area contributed by atoms with E-state index in [2.05, 4.69) is 15.9 Å². The molecule has 4 aromatic rings. The molecule has 0 saturated heterocycles. The van der Waals surface area contributed by atoms with E-state index in [9.17, 15) is 9.59 Å². The predicted octanol–water partition coefficient (Wildman–Crippen LogP) is 3.77. The third kappa shape index (κ3) is 2.77. The normalized spacial score (nSPS) is 11.3. The molecule has 5 nitrogen and oxygen atoms in total. The first-order chi connectivity index (χ1) is 12.9. The van der Waals surface area contributed by atoms with Crippen LogP contribution in [-0.2, 0) is 14.1 Å². The molecule has 0 N–H and O–H groups in total. The Bertz CT molecular complexity index is 1290. The summed E-state index contributed by atoms with van der Waals surface area (Å²) in [5.41, 5.74) is 3.73. The lowest BCUT2D eigenvalue weighted by Crippen LogP contribution is -2.36.